The predicted octanol–water partition coefficient (Wildman–Crippen LogP) is 3.57. The van der Waals surface area contributed by atoms with Crippen molar-refractivity contribution in [2.75, 3.05) is 11.4 Å². The highest BCUT2D eigenvalue weighted by molar-refractivity contribution is 9.10. The molecule has 6 heteroatoms. The molecule has 0 bridgehead atoms. The van der Waals surface area contributed by atoms with Gasteiger partial charge in [-0.1, -0.05) is 45.7 Å². The SMILES string of the molecule is O=C1CC(NCCc2ccccc2Cl)C(=O)N1c1ccc(Br)cc1. The molecule has 4 nitrogen and oxygen atoms in total. The maximum atomic E-state index is 12.5. The Balaban J connectivity index is 1.62. The minimum atomic E-state index is -0.483. The van der Waals surface area contributed by atoms with Gasteiger partial charge >= 0.3 is 0 Å². The first-order valence-corrected chi connectivity index (χ1v) is 8.82. The Morgan fingerprint density at radius 3 is 2.54 bits per heavy atom. The molecule has 1 atom stereocenters. The van der Waals surface area contributed by atoms with Crippen LogP contribution in [-0.2, 0) is 16.0 Å². The molecule has 124 valence electrons. The van der Waals surface area contributed by atoms with Crippen LogP contribution in [0.15, 0.2) is 53.0 Å². The molecule has 0 radical (unpaired) electrons. The lowest BCUT2D eigenvalue weighted by Crippen LogP contribution is -2.39. The molecular weight excluding hydrogens is 392 g/mol. The molecule has 1 fully saturated rings. The summed E-state index contributed by atoms with van der Waals surface area (Å²) in [4.78, 5) is 26.0. The van der Waals surface area contributed by atoms with Crippen LogP contribution in [-0.4, -0.2) is 24.4 Å². The fraction of sp³-hybridized carbons (Fsp3) is 0.222. The maximum absolute atomic E-state index is 12.5. The van der Waals surface area contributed by atoms with Crippen LogP contribution in [0.2, 0.25) is 5.02 Å². The van der Waals surface area contributed by atoms with Crippen molar-refractivity contribution in [2.24, 2.45) is 0 Å². The third-order valence-electron chi connectivity index (χ3n) is 3.97. The molecule has 2 aromatic carbocycles. The van der Waals surface area contributed by atoms with Crippen LogP contribution in [0.4, 0.5) is 5.69 Å². The first kappa shape index (κ1) is 17.1. The van der Waals surface area contributed by atoms with Crippen LogP contribution in [0.25, 0.3) is 0 Å². The summed E-state index contributed by atoms with van der Waals surface area (Å²) in [5.41, 5.74) is 1.62. The van der Waals surface area contributed by atoms with E-state index >= 15 is 0 Å². The molecule has 0 saturated carbocycles. The first-order valence-electron chi connectivity index (χ1n) is 7.65. The number of anilines is 1. The van der Waals surface area contributed by atoms with E-state index in [-0.39, 0.29) is 18.2 Å². The number of carbonyl (C=O) groups is 2. The Morgan fingerprint density at radius 2 is 1.83 bits per heavy atom. The second kappa shape index (κ2) is 7.47. The number of amides is 2. The molecule has 1 heterocycles. The van der Waals surface area contributed by atoms with Crippen molar-refractivity contribution < 1.29 is 9.59 Å². The fourth-order valence-corrected chi connectivity index (χ4v) is 3.23. The topological polar surface area (TPSA) is 49.4 Å². The van der Waals surface area contributed by atoms with E-state index in [2.05, 4.69) is 21.2 Å². The lowest BCUT2D eigenvalue weighted by molar-refractivity contribution is -0.121. The van der Waals surface area contributed by atoms with Gasteiger partial charge in [0.1, 0.15) is 0 Å². The Kier molecular flexibility index (Phi) is 5.33. The van der Waals surface area contributed by atoms with E-state index in [4.69, 9.17) is 11.6 Å². The van der Waals surface area contributed by atoms with Gasteiger partial charge in [-0.05, 0) is 48.9 Å². The van der Waals surface area contributed by atoms with Crippen molar-refractivity contribution in [2.45, 2.75) is 18.9 Å². The van der Waals surface area contributed by atoms with Crippen molar-refractivity contribution >= 4 is 45.0 Å². The molecule has 2 amide bonds. The molecule has 0 aromatic heterocycles. The van der Waals surface area contributed by atoms with Crippen LogP contribution in [0.5, 0.6) is 0 Å². The minimum absolute atomic E-state index is 0.178. The number of hydrogen-bond acceptors (Lipinski definition) is 3. The number of nitrogens with one attached hydrogen (secondary N) is 1. The fourth-order valence-electron chi connectivity index (χ4n) is 2.74. The highest BCUT2D eigenvalue weighted by atomic mass is 79.9. The number of hydrogen-bond donors (Lipinski definition) is 1. The summed E-state index contributed by atoms with van der Waals surface area (Å²) in [6.07, 6.45) is 0.882. The van der Waals surface area contributed by atoms with Crippen molar-refractivity contribution in [1.29, 1.82) is 0 Å². The van der Waals surface area contributed by atoms with E-state index in [0.717, 1.165) is 10.0 Å². The average molecular weight is 408 g/mol. The number of rotatable bonds is 5. The highest BCUT2D eigenvalue weighted by Gasteiger charge is 2.39. The number of benzene rings is 2. The normalized spacial score (nSPS) is 17.6. The number of halogens is 2. The van der Waals surface area contributed by atoms with Gasteiger partial charge in [-0.3, -0.25) is 9.59 Å². The van der Waals surface area contributed by atoms with Gasteiger partial charge in [0.05, 0.1) is 18.2 Å². The lowest BCUT2D eigenvalue weighted by atomic mass is 10.1. The van der Waals surface area contributed by atoms with Gasteiger partial charge in [0.15, 0.2) is 0 Å². The summed E-state index contributed by atoms with van der Waals surface area (Å²) in [7, 11) is 0. The molecule has 0 spiro atoms. The van der Waals surface area contributed by atoms with Gasteiger partial charge in [0, 0.05) is 9.50 Å². The van der Waals surface area contributed by atoms with E-state index in [1.54, 1.807) is 12.1 Å². The first-order chi connectivity index (χ1) is 11.6. The molecule has 1 saturated heterocycles. The zero-order valence-electron chi connectivity index (χ0n) is 12.8. The largest absolute Gasteiger partial charge is 0.305 e. The number of nitrogens with zero attached hydrogens (tertiary/aromatic N) is 1. The van der Waals surface area contributed by atoms with Crippen LogP contribution >= 0.6 is 27.5 Å². The van der Waals surface area contributed by atoms with E-state index in [1.807, 2.05) is 36.4 Å². The summed E-state index contributed by atoms with van der Waals surface area (Å²) >= 11 is 9.47. The molecule has 1 unspecified atom stereocenters. The molecular formula is C18H16BrClN2O2. The zero-order chi connectivity index (χ0) is 17.1. The Morgan fingerprint density at radius 1 is 1.12 bits per heavy atom. The summed E-state index contributed by atoms with van der Waals surface area (Å²) in [5, 5.41) is 3.88. The van der Waals surface area contributed by atoms with Crippen LogP contribution < -0.4 is 10.2 Å². The zero-order valence-corrected chi connectivity index (χ0v) is 15.2. The third kappa shape index (κ3) is 3.69. The number of carbonyl (C=O) groups excluding carboxylic acids is 2. The standard InChI is InChI=1S/C18H16BrClN2O2/c19-13-5-7-14(8-6-13)22-17(23)11-16(18(22)24)21-10-9-12-3-1-2-4-15(12)20/h1-8,16,21H,9-11H2. The van der Waals surface area contributed by atoms with Gasteiger partial charge in [-0.2, -0.15) is 0 Å². The van der Waals surface area contributed by atoms with Gasteiger partial charge in [-0.15, -0.1) is 0 Å². The van der Waals surface area contributed by atoms with Crippen molar-refractivity contribution in [1.82, 2.24) is 5.32 Å². The average Bonchev–Trinajstić information content (AvgIpc) is 2.84. The van der Waals surface area contributed by atoms with Crippen molar-refractivity contribution in [3.8, 4) is 0 Å². The van der Waals surface area contributed by atoms with E-state index in [9.17, 15) is 9.59 Å². The highest BCUT2D eigenvalue weighted by Crippen LogP contribution is 2.24. The Hall–Kier alpha value is -1.69. The Bertz CT molecular complexity index is 764. The van der Waals surface area contributed by atoms with Crippen molar-refractivity contribution in [3.05, 3.63) is 63.6 Å². The summed E-state index contributed by atoms with van der Waals surface area (Å²) in [5.74, 6) is -0.390. The van der Waals surface area contributed by atoms with Crippen molar-refractivity contribution in [3.63, 3.8) is 0 Å². The molecule has 1 aliphatic heterocycles. The van der Waals surface area contributed by atoms with Gasteiger partial charge in [0.2, 0.25) is 5.91 Å². The summed E-state index contributed by atoms with van der Waals surface area (Å²) in [6, 6.07) is 14.3. The second-order valence-corrected chi connectivity index (χ2v) is 6.92. The Labute approximate surface area is 153 Å². The van der Waals surface area contributed by atoms with Crippen LogP contribution in [0.3, 0.4) is 0 Å². The molecule has 0 aliphatic carbocycles. The van der Waals surface area contributed by atoms with Gasteiger partial charge < -0.3 is 5.32 Å². The monoisotopic (exact) mass is 406 g/mol. The molecule has 24 heavy (non-hydrogen) atoms. The van der Waals surface area contributed by atoms with Crippen LogP contribution in [0.1, 0.15) is 12.0 Å². The van der Waals surface area contributed by atoms with E-state index in [0.29, 0.717) is 23.7 Å². The molecule has 2 aromatic rings. The predicted molar refractivity (Wildman–Crippen MR) is 98.2 cm³/mol. The third-order valence-corrected chi connectivity index (χ3v) is 4.87. The summed E-state index contributed by atoms with van der Waals surface area (Å²) < 4.78 is 0.903. The van der Waals surface area contributed by atoms with Crippen LogP contribution in [0, 0.1) is 0 Å². The summed E-state index contributed by atoms with van der Waals surface area (Å²) in [6.45, 7) is 0.585. The smallest absolute Gasteiger partial charge is 0.251 e. The quantitative estimate of drug-likeness (QED) is 0.771. The van der Waals surface area contributed by atoms with E-state index in [1.165, 1.54) is 4.90 Å². The minimum Gasteiger partial charge on any atom is -0.305 e. The van der Waals surface area contributed by atoms with Gasteiger partial charge in [-0.25, -0.2) is 4.90 Å². The lowest BCUT2D eigenvalue weighted by Gasteiger charge is -2.15. The molecule has 1 aliphatic rings. The second-order valence-electron chi connectivity index (χ2n) is 5.60. The molecule has 1 N–H and O–H groups in total. The maximum Gasteiger partial charge on any atom is 0.251 e. The van der Waals surface area contributed by atoms with E-state index < -0.39 is 6.04 Å². The number of imide groups is 1. The molecule has 3 rings (SSSR count). The van der Waals surface area contributed by atoms with Gasteiger partial charge in [0.25, 0.3) is 5.91 Å².